The number of urea groups is 1. The van der Waals surface area contributed by atoms with Crippen molar-refractivity contribution >= 4 is 21.7 Å². The largest absolute Gasteiger partial charge is 0.493 e. The Labute approximate surface area is 141 Å². The van der Waals surface area contributed by atoms with Crippen LogP contribution >= 0.6 is 0 Å². The summed E-state index contributed by atoms with van der Waals surface area (Å²) >= 11 is 0. The molecule has 0 aliphatic rings. The summed E-state index contributed by atoms with van der Waals surface area (Å²) in [6, 6.07) is 2.59. The maximum absolute atomic E-state index is 11.9. The number of benzene rings is 1. The number of nitrogens with one attached hydrogen (secondary N) is 2. The highest BCUT2D eigenvalue weighted by Gasteiger charge is 2.16. The van der Waals surface area contributed by atoms with Gasteiger partial charge in [-0.3, -0.25) is 0 Å². The van der Waals surface area contributed by atoms with Crippen molar-refractivity contribution in [3.05, 3.63) is 12.1 Å². The number of methoxy groups -OCH3 is 3. The lowest BCUT2D eigenvalue weighted by atomic mass is 10.2. The van der Waals surface area contributed by atoms with Crippen molar-refractivity contribution < 1.29 is 27.4 Å². The lowest BCUT2D eigenvalue weighted by Gasteiger charge is -2.15. The van der Waals surface area contributed by atoms with E-state index in [9.17, 15) is 13.2 Å². The minimum atomic E-state index is -3.36. The summed E-state index contributed by atoms with van der Waals surface area (Å²) in [6.45, 7) is -0.0171. The number of hydrogen-bond donors (Lipinski definition) is 2. The van der Waals surface area contributed by atoms with E-state index in [1.165, 1.54) is 35.4 Å². The molecule has 0 saturated carbocycles. The van der Waals surface area contributed by atoms with Crippen LogP contribution < -0.4 is 24.8 Å². The first-order chi connectivity index (χ1) is 11.2. The van der Waals surface area contributed by atoms with Crippen molar-refractivity contribution in [2.45, 2.75) is 0 Å². The molecule has 0 heterocycles. The van der Waals surface area contributed by atoms with Gasteiger partial charge in [0, 0.05) is 32.8 Å². The molecule has 2 N–H and O–H groups in total. The van der Waals surface area contributed by atoms with Gasteiger partial charge in [0.25, 0.3) is 0 Å². The van der Waals surface area contributed by atoms with E-state index in [0.717, 1.165) is 4.31 Å². The van der Waals surface area contributed by atoms with Gasteiger partial charge in [0.05, 0.1) is 32.8 Å². The minimum absolute atomic E-state index is 0.0171. The van der Waals surface area contributed by atoms with Crippen molar-refractivity contribution in [2.24, 2.45) is 0 Å². The molecule has 0 atom stereocenters. The van der Waals surface area contributed by atoms with Gasteiger partial charge < -0.3 is 24.8 Å². The quantitative estimate of drug-likeness (QED) is 0.707. The first-order valence-electron chi connectivity index (χ1n) is 7.00. The molecule has 10 heteroatoms. The number of rotatable bonds is 8. The molecule has 136 valence electrons. The highest BCUT2D eigenvalue weighted by Crippen LogP contribution is 2.39. The van der Waals surface area contributed by atoms with Gasteiger partial charge in [0.2, 0.25) is 15.8 Å². The average molecular weight is 361 g/mol. The number of carbonyl (C=O) groups is 1. The molecule has 0 radical (unpaired) electrons. The predicted octanol–water partition coefficient (Wildman–Crippen LogP) is 0.725. The summed E-state index contributed by atoms with van der Waals surface area (Å²) in [5, 5.41) is 5.06. The number of hydrogen-bond acceptors (Lipinski definition) is 6. The van der Waals surface area contributed by atoms with Crippen LogP contribution in [0.3, 0.4) is 0 Å². The minimum Gasteiger partial charge on any atom is -0.493 e. The lowest BCUT2D eigenvalue weighted by molar-refractivity contribution is 0.252. The molecule has 0 saturated heterocycles. The number of sulfonamides is 1. The summed E-state index contributed by atoms with van der Waals surface area (Å²) in [5.41, 5.74) is 0.414. The average Bonchev–Trinajstić information content (AvgIpc) is 2.53. The Hall–Kier alpha value is -2.20. The summed E-state index contributed by atoms with van der Waals surface area (Å²) in [7, 11) is 3.92. The van der Waals surface area contributed by atoms with Crippen molar-refractivity contribution in [1.82, 2.24) is 9.62 Å². The van der Waals surface area contributed by atoms with Gasteiger partial charge in [-0.15, -0.1) is 0 Å². The number of anilines is 1. The number of nitrogens with zero attached hydrogens (tertiary/aromatic N) is 1. The van der Waals surface area contributed by atoms with Crippen LogP contribution in [0.5, 0.6) is 17.2 Å². The molecule has 1 aromatic carbocycles. The van der Waals surface area contributed by atoms with Crippen molar-refractivity contribution in [2.75, 3.05) is 53.0 Å². The Morgan fingerprint density at radius 1 is 1.08 bits per heavy atom. The van der Waals surface area contributed by atoms with Gasteiger partial charge >= 0.3 is 6.03 Å². The van der Waals surface area contributed by atoms with Gasteiger partial charge in [-0.05, 0) is 0 Å². The SMILES string of the molecule is COc1cc(NC(=O)NCCS(=O)(=O)N(C)C)cc(OC)c1OC. The summed E-state index contributed by atoms with van der Waals surface area (Å²) in [6.07, 6.45) is 0. The normalized spacial score (nSPS) is 11.1. The highest BCUT2D eigenvalue weighted by atomic mass is 32.2. The fraction of sp³-hybridized carbons (Fsp3) is 0.500. The van der Waals surface area contributed by atoms with E-state index in [0.29, 0.717) is 22.9 Å². The smallest absolute Gasteiger partial charge is 0.319 e. The molecule has 2 amide bonds. The second-order valence-corrected chi connectivity index (χ2v) is 7.20. The van der Waals surface area contributed by atoms with E-state index in [1.54, 1.807) is 12.1 Å². The molecule has 1 aromatic rings. The second-order valence-electron chi connectivity index (χ2n) is 4.89. The molecule has 24 heavy (non-hydrogen) atoms. The Balaban J connectivity index is 2.74. The zero-order valence-corrected chi connectivity index (χ0v) is 15.2. The van der Waals surface area contributed by atoms with Crippen LogP contribution in [0.25, 0.3) is 0 Å². The standard InChI is InChI=1S/C14H23N3O6S/c1-17(2)24(19,20)7-6-15-14(18)16-10-8-11(21-3)13(23-5)12(9-10)22-4/h8-9H,6-7H2,1-5H3,(H2,15,16,18). The molecular formula is C14H23N3O6S. The van der Waals surface area contributed by atoms with Gasteiger partial charge in [-0.1, -0.05) is 0 Å². The zero-order valence-electron chi connectivity index (χ0n) is 14.4. The summed E-state index contributed by atoms with van der Waals surface area (Å²) in [4.78, 5) is 11.9. The van der Waals surface area contributed by atoms with Gasteiger partial charge in [-0.25, -0.2) is 17.5 Å². The Morgan fingerprint density at radius 3 is 2.04 bits per heavy atom. The van der Waals surface area contributed by atoms with E-state index in [-0.39, 0.29) is 12.3 Å². The molecule has 0 spiro atoms. The Kier molecular flexibility index (Phi) is 7.11. The molecule has 0 aliphatic carbocycles. The van der Waals surface area contributed by atoms with Crippen molar-refractivity contribution in [3.8, 4) is 17.2 Å². The van der Waals surface area contributed by atoms with E-state index >= 15 is 0 Å². The number of carbonyl (C=O) groups excluding carboxylic acids is 1. The first-order valence-corrected chi connectivity index (χ1v) is 8.61. The van der Waals surface area contributed by atoms with E-state index < -0.39 is 16.1 Å². The monoisotopic (exact) mass is 361 g/mol. The topological polar surface area (TPSA) is 106 Å². The molecule has 0 aliphatic heterocycles. The van der Waals surface area contributed by atoms with E-state index in [2.05, 4.69) is 10.6 Å². The third kappa shape index (κ3) is 5.17. The van der Waals surface area contributed by atoms with Gasteiger partial charge in [0.1, 0.15) is 0 Å². The van der Waals surface area contributed by atoms with Gasteiger partial charge in [0.15, 0.2) is 11.5 Å². The molecule has 9 nitrogen and oxygen atoms in total. The maximum atomic E-state index is 11.9. The Morgan fingerprint density at radius 2 is 1.62 bits per heavy atom. The third-order valence-electron chi connectivity index (χ3n) is 3.12. The van der Waals surface area contributed by atoms with Crippen LogP contribution in [-0.4, -0.2) is 66.5 Å². The third-order valence-corrected chi connectivity index (χ3v) is 4.96. The first kappa shape index (κ1) is 19.8. The number of ether oxygens (including phenoxy) is 3. The molecule has 0 fully saturated rings. The van der Waals surface area contributed by atoms with E-state index in [4.69, 9.17) is 14.2 Å². The fourth-order valence-corrected chi connectivity index (χ4v) is 2.53. The molecule has 0 unspecified atom stereocenters. The lowest BCUT2D eigenvalue weighted by Crippen LogP contribution is -2.36. The highest BCUT2D eigenvalue weighted by molar-refractivity contribution is 7.89. The molecule has 0 aromatic heterocycles. The van der Waals surface area contributed by atoms with E-state index in [1.807, 2.05) is 0 Å². The van der Waals surface area contributed by atoms with Crippen LogP contribution in [0.15, 0.2) is 12.1 Å². The van der Waals surface area contributed by atoms with Crippen LogP contribution in [0.1, 0.15) is 0 Å². The van der Waals surface area contributed by atoms with Crippen LogP contribution in [0.4, 0.5) is 10.5 Å². The predicted molar refractivity (Wildman–Crippen MR) is 90.6 cm³/mol. The fourth-order valence-electron chi connectivity index (χ4n) is 1.80. The molecule has 0 bridgehead atoms. The summed E-state index contributed by atoms with van der Waals surface area (Å²) in [5.74, 6) is 0.996. The van der Waals surface area contributed by atoms with Crippen LogP contribution in [0.2, 0.25) is 0 Å². The zero-order chi connectivity index (χ0) is 18.3. The van der Waals surface area contributed by atoms with Crippen LogP contribution in [0, 0.1) is 0 Å². The van der Waals surface area contributed by atoms with Crippen molar-refractivity contribution in [3.63, 3.8) is 0 Å². The maximum Gasteiger partial charge on any atom is 0.319 e. The Bertz CT molecular complexity index is 650. The number of amides is 2. The second kappa shape index (κ2) is 8.60. The molecule has 1 rings (SSSR count). The van der Waals surface area contributed by atoms with Crippen LogP contribution in [-0.2, 0) is 10.0 Å². The van der Waals surface area contributed by atoms with Crippen molar-refractivity contribution in [1.29, 1.82) is 0 Å². The molecular weight excluding hydrogens is 338 g/mol. The summed E-state index contributed by atoms with van der Waals surface area (Å²) < 4.78 is 39.9. The van der Waals surface area contributed by atoms with Gasteiger partial charge in [-0.2, -0.15) is 0 Å².